The Morgan fingerprint density at radius 1 is 1.40 bits per heavy atom. The van der Waals surface area contributed by atoms with E-state index in [0.29, 0.717) is 24.8 Å². The summed E-state index contributed by atoms with van der Waals surface area (Å²) in [6.07, 6.45) is 4.78. The molecule has 3 heterocycles. The summed E-state index contributed by atoms with van der Waals surface area (Å²) in [4.78, 5) is 19.1. The van der Waals surface area contributed by atoms with Crippen molar-refractivity contribution in [3.8, 4) is 0 Å². The van der Waals surface area contributed by atoms with Gasteiger partial charge >= 0.3 is 0 Å². The van der Waals surface area contributed by atoms with E-state index < -0.39 is 0 Å². The van der Waals surface area contributed by atoms with Crippen LogP contribution in [0.2, 0.25) is 0 Å². The molecule has 6 heteroatoms. The van der Waals surface area contributed by atoms with Gasteiger partial charge in [-0.1, -0.05) is 13.0 Å². The van der Waals surface area contributed by atoms with E-state index in [4.69, 9.17) is 4.74 Å². The third kappa shape index (κ3) is 5.16. The summed E-state index contributed by atoms with van der Waals surface area (Å²) >= 11 is 0. The van der Waals surface area contributed by atoms with E-state index in [1.807, 2.05) is 18.3 Å². The first-order valence-corrected chi connectivity index (χ1v) is 9.48. The van der Waals surface area contributed by atoms with Gasteiger partial charge in [-0.05, 0) is 43.8 Å². The highest BCUT2D eigenvalue weighted by atomic mass is 16.5. The highest BCUT2D eigenvalue weighted by molar-refractivity contribution is 5.76. The number of aromatic nitrogens is 1. The number of carbonyl (C=O) groups excluding carboxylic acids is 1. The van der Waals surface area contributed by atoms with E-state index in [2.05, 4.69) is 27.4 Å². The topological polar surface area (TPSA) is 66.5 Å². The van der Waals surface area contributed by atoms with Crippen molar-refractivity contribution in [2.24, 2.45) is 11.8 Å². The smallest absolute Gasteiger partial charge is 0.220 e. The molecule has 1 aromatic heterocycles. The van der Waals surface area contributed by atoms with Crippen LogP contribution in [0.3, 0.4) is 0 Å². The van der Waals surface area contributed by atoms with Gasteiger partial charge in [0, 0.05) is 37.8 Å². The number of hydrogen-bond acceptors (Lipinski definition) is 5. The molecule has 0 spiro atoms. The molecular formula is C19H30N4O2. The Bertz CT molecular complexity index is 554. The van der Waals surface area contributed by atoms with Crippen LogP contribution in [0.4, 0.5) is 5.82 Å². The van der Waals surface area contributed by atoms with Crippen molar-refractivity contribution in [3.63, 3.8) is 0 Å². The zero-order valence-corrected chi connectivity index (χ0v) is 15.2. The molecule has 25 heavy (non-hydrogen) atoms. The molecule has 1 aromatic rings. The second kappa shape index (κ2) is 9.15. The Balaban J connectivity index is 1.51. The average molecular weight is 346 g/mol. The number of nitrogens with one attached hydrogen (secondary N) is 2. The molecule has 0 saturated carbocycles. The molecule has 3 rings (SSSR count). The predicted molar refractivity (Wildman–Crippen MR) is 98.5 cm³/mol. The summed E-state index contributed by atoms with van der Waals surface area (Å²) in [5, 5.41) is 6.48. The molecule has 0 aliphatic carbocycles. The van der Waals surface area contributed by atoms with Crippen molar-refractivity contribution < 1.29 is 9.53 Å². The first kappa shape index (κ1) is 18.1. The lowest BCUT2D eigenvalue weighted by Gasteiger charge is -2.29. The molecule has 2 aliphatic rings. The van der Waals surface area contributed by atoms with Crippen molar-refractivity contribution in [1.29, 1.82) is 0 Å². The molecule has 1 unspecified atom stereocenters. The summed E-state index contributed by atoms with van der Waals surface area (Å²) in [7, 11) is 0. The molecule has 0 bridgehead atoms. The molecule has 1 atom stereocenters. The fourth-order valence-corrected chi connectivity index (χ4v) is 3.77. The molecule has 6 nitrogen and oxygen atoms in total. The van der Waals surface area contributed by atoms with E-state index in [0.717, 1.165) is 50.8 Å². The van der Waals surface area contributed by atoms with Gasteiger partial charge in [-0.2, -0.15) is 0 Å². The quantitative estimate of drug-likeness (QED) is 0.818. The van der Waals surface area contributed by atoms with Gasteiger partial charge in [-0.3, -0.25) is 4.79 Å². The summed E-state index contributed by atoms with van der Waals surface area (Å²) in [5.74, 6) is 2.21. The van der Waals surface area contributed by atoms with E-state index in [1.165, 1.54) is 12.8 Å². The minimum absolute atomic E-state index is 0.141. The zero-order chi connectivity index (χ0) is 17.5. The molecule has 138 valence electrons. The lowest BCUT2D eigenvalue weighted by molar-refractivity contribution is -0.122. The van der Waals surface area contributed by atoms with Gasteiger partial charge in [-0.15, -0.1) is 0 Å². The van der Waals surface area contributed by atoms with Crippen molar-refractivity contribution in [3.05, 3.63) is 23.9 Å². The molecule has 0 aromatic carbocycles. The van der Waals surface area contributed by atoms with Crippen molar-refractivity contribution in [1.82, 2.24) is 15.6 Å². The number of carbonyl (C=O) groups is 1. The number of morpholine rings is 1. The lowest BCUT2D eigenvalue weighted by Crippen LogP contribution is -2.38. The first-order chi connectivity index (χ1) is 12.2. The van der Waals surface area contributed by atoms with Crippen LogP contribution in [0.1, 0.15) is 31.7 Å². The number of pyridine rings is 1. The second-order valence-electron chi connectivity index (χ2n) is 7.13. The van der Waals surface area contributed by atoms with Crippen LogP contribution in [0.15, 0.2) is 18.3 Å². The maximum atomic E-state index is 12.4. The molecule has 2 N–H and O–H groups in total. The zero-order valence-electron chi connectivity index (χ0n) is 15.2. The van der Waals surface area contributed by atoms with Crippen LogP contribution in [-0.2, 0) is 16.1 Å². The minimum atomic E-state index is 0.141. The molecule has 2 fully saturated rings. The van der Waals surface area contributed by atoms with Crippen LogP contribution in [0, 0.1) is 11.8 Å². The first-order valence-electron chi connectivity index (χ1n) is 9.48. The molecule has 0 radical (unpaired) electrons. The SMILES string of the molecule is CC(CC(=O)NCc1cccnc1N1CCOCC1)C1CCNCC1. The number of amides is 1. The third-order valence-electron chi connectivity index (χ3n) is 5.35. The van der Waals surface area contributed by atoms with Gasteiger partial charge in [0.1, 0.15) is 5.82 Å². The Morgan fingerprint density at radius 3 is 2.92 bits per heavy atom. The van der Waals surface area contributed by atoms with Gasteiger partial charge in [0.05, 0.1) is 13.2 Å². The van der Waals surface area contributed by atoms with E-state index in [-0.39, 0.29) is 5.91 Å². The maximum absolute atomic E-state index is 12.4. The Labute approximate surface area is 150 Å². The molecule has 2 saturated heterocycles. The average Bonchev–Trinajstić information content (AvgIpc) is 2.68. The summed E-state index contributed by atoms with van der Waals surface area (Å²) in [6, 6.07) is 3.98. The van der Waals surface area contributed by atoms with E-state index in [9.17, 15) is 4.79 Å². The van der Waals surface area contributed by atoms with Gasteiger partial charge in [0.2, 0.25) is 5.91 Å². The lowest BCUT2D eigenvalue weighted by atomic mass is 9.84. The van der Waals surface area contributed by atoms with E-state index >= 15 is 0 Å². The van der Waals surface area contributed by atoms with Crippen LogP contribution < -0.4 is 15.5 Å². The number of hydrogen-bond donors (Lipinski definition) is 2. The second-order valence-corrected chi connectivity index (χ2v) is 7.13. The van der Waals surface area contributed by atoms with Crippen molar-refractivity contribution in [2.75, 3.05) is 44.3 Å². The van der Waals surface area contributed by atoms with Crippen LogP contribution in [-0.4, -0.2) is 50.3 Å². The summed E-state index contributed by atoms with van der Waals surface area (Å²) in [5.41, 5.74) is 1.08. The largest absolute Gasteiger partial charge is 0.378 e. The van der Waals surface area contributed by atoms with Crippen LogP contribution in [0.25, 0.3) is 0 Å². The van der Waals surface area contributed by atoms with Gasteiger partial charge in [-0.25, -0.2) is 4.98 Å². The number of ether oxygens (including phenoxy) is 1. The van der Waals surface area contributed by atoms with Crippen LogP contribution >= 0.6 is 0 Å². The predicted octanol–water partition coefficient (Wildman–Crippen LogP) is 1.56. The Hall–Kier alpha value is -1.66. The van der Waals surface area contributed by atoms with Gasteiger partial charge in [0.15, 0.2) is 0 Å². The molecule has 2 aliphatic heterocycles. The number of piperidine rings is 1. The Kier molecular flexibility index (Phi) is 6.64. The summed E-state index contributed by atoms with van der Waals surface area (Å²) < 4.78 is 5.42. The third-order valence-corrected chi connectivity index (χ3v) is 5.35. The van der Waals surface area contributed by atoms with Crippen molar-refractivity contribution >= 4 is 11.7 Å². The highest BCUT2D eigenvalue weighted by Gasteiger charge is 2.22. The summed E-state index contributed by atoms with van der Waals surface area (Å²) in [6.45, 7) is 8.07. The fourth-order valence-electron chi connectivity index (χ4n) is 3.77. The fraction of sp³-hybridized carbons (Fsp3) is 0.684. The number of rotatable bonds is 6. The molecular weight excluding hydrogens is 316 g/mol. The van der Waals surface area contributed by atoms with E-state index in [1.54, 1.807) is 0 Å². The van der Waals surface area contributed by atoms with Gasteiger partial charge in [0.25, 0.3) is 0 Å². The monoisotopic (exact) mass is 346 g/mol. The van der Waals surface area contributed by atoms with Crippen molar-refractivity contribution in [2.45, 2.75) is 32.7 Å². The van der Waals surface area contributed by atoms with Crippen LogP contribution in [0.5, 0.6) is 0 Å². The normalized spacial score (nSPS) is 20.3. The number of nitrogens with zero attached hydrogens (tertiary/aromatic N) is 2. The minimum Gasteiger partial charge on any atom is -0.378 e. The maximum Gasteiger partial charge on any atom is 0.220 e. The standard InChI is InChI=1S/C19H30N4O2/c1-15(16-4-7-20-8-5-16)13-18(24)22-14-17-3-2-6-21-19(17)23-9-11-25-12-10-23/h2-3,6,15-16,20H,4-5,7-14H2,1H3,(H,22,24). The highest BCUT2D eigenvalue weighted by Crippen LogP contribution is 2.24. The Morgan fingerprint density at radius 2 is 2.16 bits per heavy atom. The molecule has 1 amide bonds. The number of anilines is 1. The van der Waals surface area contributed by atoms with Gasteiger partial charge < -0.3 is 20.3 Å².